The molecule has 0 unspecified atom stereocenters. The van der Waals surface area contributed by atoms with Gasteiger partial charge in [-0.15, -0.1) is 0 Å². The third-order valence-corrected chi connectivity index (χ3v) is 5.36. The van der Waals surface area contributed by atoms with Gasteiger partial charge in [-0.2, -0.15) is 0 Å². The first-order chi connectivity index (χ1) is 13.5. The van der Waals surface area contributed by atoms with Crippen LogP contribution in [0.25, 0.3) is 11.3 Å². The Kier molecular flexibility index (Phi) is 3.97. The summed E-state index contributed by atoms with van der Waals surface area (Å²) in [6, 6.07) is 7.38. The predicted molar refractivity (Wildman–Crippen MR) is 109 cm³/mol. The van der Waals surface area contributed by atoms with Crippen molar-refractivity contribution in [2.24, 2.45) is 18.9 Å². The van der Waals surface area contributed by atoms with E-state index >= 15 is 0 Å². The fourth-order valence-electron chi connectivity index (χ4n) is 3.14. The van der Waals surface area contributed by atoms with Crippen LogP contribution in [-0.2, 0) is 18.8 Å². The number of rotatable bonds is 5. The first-order valence-corrected chi connectivity index (χ1v) is 9.17. The molecule has 0 atom stereocenters. The molecule has 0 bridgehead atoms. The summed E-state index contributed by atoms with van der Waals surface area (Å²) >= 11 is 0. The van der Waals surface area contributed by atoms with Crippen LogP contribution in [0.3, 0.4) is 0 Å². The minimum atomic E-state index is -2.13. The summed E-state index contributed by atoms with van der Waals surface area (Å²) in [7, 11) is 1.93. The maximum atomic E-state index is 8.79. The van der Waals surface area contributed by atoms with Crippen molar-refractivity contribution in [1.82, 2.24) is 0 Å². The van der Waals surface area contributed by atoms with Crippen molar-refractivity contribution in [3.05, 3.63) is 52.7 Å². The van der Waals surface area contributed by atoms with Gasteiger partial charge in [0.2, 0.25) is 5.69 Å². The van der Waals surface area contributed by atoms with Crippen LogP contribution >= 0.6 is 0 Å². The molecule has 1 nitrogen and oxygen atoms in total. The van der Waals surface area contributed by atoms with E-state index in [-0.39, 0.29) is 11.3 Å². The first kappa shape index (κ1) is 13.6. The van der Waals surface area contributed by atoms with Gasteiger partial charge < -0.3 is 0 Å². The molecule has 0 fully saturated rings. The van der Waals surface area contributed by atoms with Crippen molar-refractivity contribution in [3.8, 4) is 11.3 Å². The molecule has 0 aliphatic rings. The summed E-state index contributed by atoms with van der Waals surface area (Å²) in [5, 5.41) is 0. The minimum absolute atomic E-state index is 0.162. The summed E-state index contributed by atoms with van der Waals surface area (Å²) < 4.78 is 42.6. The second-order valence-electron chi connectivity index (χ2n) is 8.30. The predicted octanol–water partition coefficient (Wildman–Crippen LogP) is 5.93. The lowest BCUT2D eigenvalue weighted by Gasteiger charge is -2.32. The first-order valence-electron chi connectivity index (χ1n) is 11.7. The molecule has 0 N–H and O–H groups in total. The molecular formula is C24H36N+. The summed E-state index contributed by atoms with van der Waals surface area (Å²) in [5.41, 5.74) is 4.64. The van der Waals surface area contributed by atoms with E-state index in [1.165, 1.54) is 0 Å². The molecule has 1 aromatic heterocycles. The van der Waals surface area contributed by atoms with Gasteiger partial charge in [-0.1, -0.05) is 59.2 Å². The highest BCUT2D eigenvalue weighted by molar-refractivity contribution is 5.63. The lowest BCUT2D eigenvalue weighted by atomic mass is 9.72. The molecule has 25 heavy (non-hydrogen) atoms. The number of benzene rings is 1. The molecule has 2 aromatic rings. The van der Waals surface area contributed by atoms with E-state index in [0.29, 0.717) is 11.5 Å². The largest absolute Gasteiger partial charge is 0.212 e. The Labute approximate surface area is 162 Å². The Morgan fingerprint density at radius 3 is 2.36 bits per heavy atom. The lowest BCUT2D eigenvalue weighted by molar-refractivity contribution is -0.661. The number of hydrogen-bond donors (Lipinski definition) is 0. The highest BCUT2D eigenvalue weighted by Crippen LogP contribution is 2.36. The number of aromatic nitrogens is 1. The lowest BCUT2D eigenvalue weighted by Crippen LogP contribution is -2.35. The Hall–Kier alpha value is -1.63. The SMILES string of the molecule is [2H]C([2H])([2H])c1ccc(-c2cc(C(C)(C)C(C)C)c(C([2H])([2H])C(C)C)c[n+]2C)c(C)c1. The zero-order chi connectivity index (χ0) is 23.2. The summed E-state index contributed by atoms with van der Waals surface area (Å²) in [4.78, 5) is 0. The molecule has 0 aliphatic carbocycles. The minimum Gasteiger partial charge on any atom is -0.201 e. The fourth-order valence-corrected chi connectivity index (χ4v) is 3.14. The molecule has 1 heterocycles. The Morgan fingerprint density at radius 1 is 1.16 bits per heavy atom. The molecule has 0 saturated carbocycles. The van der Waals surface area contributed by atoms with E-state index in [1.54, 1.807) is 12.1 Å². The summed E-state index contributed by atoms with van der Waals surface area (Å²) in [5.74, 6) is 0.157. The van der Waals surface area contributed by atoms with E-state index < -0.39 is 13.2 Å². The molecule has 0 spiro atoms. The zero-order valence-corrected chi connectivity index (χ0v) is 17.0. The molecule has 1 aromatic carbocycles. The number of hydrogen-bond acceptors (Lipinski definition) is 0. The van der Waals surface area contributed by atoms with Crippen LogP contribution in [0.1, 0.15) is 70.7 Å². The maximum Gasteiger partial charge on any atom is 0.212 e. The molecule has 2 rings (SSSR count). The Morgan fingerprint density at radius 2 is 1.84 bits per heavy atom. The Bertz CT molecular complexity index is 924. The fraction of sp³-hybridized carbons (Fsp3) is 0.542. The van der Waals surface area contributed by atoms with Crippen LogP contribution in [0.15, 0.2) is 30.5 Å². The van der Waals surface area contributed by atoms with Gasteiger partial charge in [0, 0.05) is 24.0 Å². The number of pyridine rings is 1. The van der Waals surface area contributed by atoms with Gasteiger partial charge in [0.15, 0.2) is 6.20 Å². The van der Waals surface area contributed by atoms with Crippen molar-refractivity contribution in [3.63, 3.8) is 0 Å². The molecule has 0 aliphatic heterocycles. The summed E-state index contributed by atoms with van der Waals surface area (Å²) in [6.45, 7) is 12.3. The van der Waals surface area contributed by atoms with Crippen LogP contribution in [0, 0.1) is 25.6 Å². The Balaban J connectivity index is 2.82. The average Bonchev–Trinajstić information content (AvgIpc) is 2.60. The molecule has 136 valence electrons. The monoisotopic (exact) mass is 343 g/mol. The van der Waals surface area contributed by atoms with Crippen LogP contribution in [0.4, 0.5) is 0 Å². The van der Waals surface area contributed by atoms with Crippen molar-refractivity contribution >= 4 is 0 Å². The second kappa shape index (κ2) is 7.32. The molecule has 1 heteroatoms. The van der Waals surface area contributed by atoms with Gasteiger partial charge >= 0.3 is 0 Å². The van der Waals surface area contributed by atoms with Gasteiger partial charge in [-0.3, -0.25) is 0 Å². The van der Waals surface area contributed by atoms with Crippen LogP contribution in [-0.4, -0.2) is 0 Å². The van der Waals surface area contributed by atoms with Crippen molar-refractivity contribution in [1.29, 1.82) is 0 Å². The standard InChI is InChI=1S/C24H36N/c1-16(2)12-20-15-25(9)23(14-22(20)24(7,8)17(3)4)21-11-10-18(5)13-19(21)6/h10-11,13-17H,12H2,1-9H3/q+1/i5D3,12D2. The third-order valence-electron chi connectivity index (χ3n) is 5.36. The summed E-state index contributed by atoms with van der Waals surface area (Å²) in [6.07, 6.45) is 0.462. The second-order valence-corrected chi connectivity index (χ2v) is 8.30. The molecule has 0 radical (unpaired) electrons. The van der Waals surface area contributed by atoms with Crippen LogP contribution < -0.4 is 4.57 Å². The van der Waals surface area contributed by atoms with E-state index in [2.05, 4.69) is 33.8 Å². The van der Waals surface area contributed by atoms with E-state index in [4.69, 9.17) is 6.85 Å². The number of nitrogens with zero attached hydrogens (tertiary/aromatic N) is 1. The van der Waals surface area contributed by atoms with Gasteiger partial charge in [0.1, 0.15) is 7.05 Å². The smallest absolute Gasteiger partial charge is 0.201 e. The van der Waals surface area contributed by atoms with Gasteiger partial charge in [-0.05, 0) is 54.6 Å². The number of aryl methyl sites for hydroxylation is 3. The normalized spacial score (nSPS) is 16.3. The molecule has 0 amide bonds. The van der Waals surface area contributed by atoms with Crippen LogP contribution in [0.5, 0.6) is 0 Å². The molecule has 0 saturated heterocycles. The zero-order valence-electron chi connectivity index (χ0n) is 22.0. The average molecular weight is 344 g/mol. The van der Waals surface area contributed by atoms with Gasteiger partial charge in [0.05, 0.1) is 0 Å². The highest BCUT2D eigenvalue weighted by atomic mass is 14.9. The van der Waals surface area contributed by atoms with E-state index in [9.17, 15) is 0 Å². The van der Waals surface area contributed by atoms with E-state index in [1.807, 2.05) is 44.6 Å². The quantitative estimate of drug-likeness (QED) is 0.593. The third kappa shape index (κ3) is 4.14. The van der Waals surface area contributed by atoms with E-state index in [0.717, 1.165) is 27.9 Å². The van der Waals surface area contributed by atoms with Crippen molar-refractivity contribution in [2.75, 3.05) is 0 Å². The topological polar surface area (TPSA) is 3.88 Å². The van der Waals surface area contributed by atoms with Crippen molar-refractivity contribution in [2.45, 2.75) is 67.1 Å². The van der Waals surface area contributed by atoms with Crippen LogP contribution in [0.2, 0.25) is 0 Å². The van der Waals surface area contributed by atoms with Gasteiger partial charge in [-0.25, -0.2) is 4.57 Å². The highest BCUT2D eigenvalue weighted by Gasteiger charge is 2.31. The maximum absolute atomic E-state index is 8.79. The van der Waals surface area contributed by atoms with Crippen molar-refractivity contribution < 1.29 is 11.4 Å². The molecular weight excluding hydrogens is 302 g/mol. The van der Waals surface area contributed by atoms with Gasteiger partial charge in [0.25, 0.3) is 0 Å².